The highest BCUT2D eigenvalue weighted by atomic mass is 16.5. The van der Waals surface area contributed by atoms with Crippen molar-refractivity contribution < 1.29 is 4.74 Å². The highest BCUT2D eigenvalue weighted by molar-refractivity contribution is 4.99. The summed E-state index contributed by atoms with van der Waals surface area (Å²) >= 11 is 0. The van der Waals surface area contributed by atoms with Crippen molar-refractivity contribution in [2.45, 2.75) is 13.3 Å². The molecule has 0 bridgehead atoms. The molecule has 0 unspecified atom stereocenters. The zero-order valence-electron chi connectivity index (χ0n) is 8.99. The first kappa shape index (κ1) is 11.2. The molecule has 1 aromatic rings. The molecule has 0 amide bonds. The summed E-state index contributed by atoms with van der Waals surface area (Å²) in [5.41, 5.74) is 1.22. The fraction of sp³-hybridized carbons (Fsp3) is 0.700. The zero-order chi connectivity index (χ0) is 10.2. The summed E-state index contributed by atoms with van der Waals surface area (Å²) in [6.07, 6.45) is 2.75. The predicted molar refractivity (Wildman–Crippen MR) is 56.3 cm³/mol. The van der Waals surface area contributed by atoms with Gasteiger partial charge in [0.05, 0.1) is 13.2 Å². The summed E-state index contributed by atoms with van der Waals surface area (Å²) in [4.78, 5) is 0. The summed E-state index contributed by atoms with van der Waals surface area (Å²) in [7, 11) is 1.95. The van der Waals surface area contributed by atoms with Crippen LogP contribution in [-0.2, 0) is 18.2 Å². The Morgan fingerprint density at radius 2 is 2.36 bits per heavy atom. The van der Waals surface area contributed by atoms with E-state index >= 15 is 0 Å². The van der Waals surface area contributed by atoms with Crippen LogP contribution in [0.5, 0.6) is 0 Å². The van der Waals surface area contributed by atoms with Crippen molar-refractivity contribution in [3.05, 3.63) is 18.0 Å². The van der Waals surface area contributed by atoms with E-state index in [0.29, 0.717) is 0 Å². The molecule has 0 aliphatic heterocycles. The number of likely N-dealkylation sites (N-methyl/N-ethyl adjacent to an activating group) is 1. The maximum atomic E-state index is 5.46. The van der Waals surface area contributed by atoms with Crippen LogP contribution in [0.2, 0.25) is 0 Å². The Morgan fingerprint density at radius 3 is 3.00 bits per heavy atom. The molecule has 0 saturated heterocycles. The molecule has 1 N–H and O–H groups in total. The number of ether oxygens (including phenoxy) is 1. The van der Waals surface area contributed by atoms with Gasteiger partial charge in [-0.1, -0.05) is 6.92 Å². The first-order valence-electron chi connectivity index (χ1n) is 5.10. The fourth-order valence-corrected chi connectivity index (χ4v) is 1.25. The average Bonchev–Trinajstić information content (AvgIpc) is 2.58. The Hall–Kier alpha value is -0.870. The molecule has 0 fully saturated rings. The van der Waals surface area contributed by atoms with E-state index in [9.17, 15) is 0 Å². The predicted octanol–water partition coefficient (Wildman–Crippen LogP) is 0.589. The third-order valence-corrected chi connectivity index (χ3v) is 2.10. The Morgan fingerprint density at radius 1 is 1.50 bits per heavy atom. The van der Waals surface area contributed by atoms with Crippen LogP contribution in [0.15, 0.2) is 12.3 Å². The summed E-state index contributed by atoms with van der Waals surface area (Å²) in [5.74, 6) is 0. The van der Waals surface area contributed by atoms with Gasteiger partial charge < -0.3 is 10.1 Å². The van der Waals surface area contributed by atoms with Gasteiger partial charge in [0.25, 0.3) is 0 Å². The molecule has 0 atom stereocenters. The van der Waals surface area contributed by atoms with Gasteiger partial charge in [-0.15, -0.1) is 0 Å². The van der Waals surface area contributed by atoms with E-state index in [2.05, 4.69) is 17.3 Å². The van der Waals surface area contributed by atoms with Crippen molar-refractivity contribution in [2.24, 2.45) is 7.05 Å². The van der Waals surface area contributed by atoms with Crippen LogP contribution in [0, 0.1) is 0 Å². The van der Waals surface area contributed by atoms with Gasteiger partial charge >= 0.3 is 0 Å². The molecule has 0 radical (unpaired) electrons. The smallest absolute Gasteiger partial charge is 0.0591 e. The molecule has 14 heavy (non-hydrogen) atoms. The average molecular weight is 197 g/mol. The number of rotatable bonds is 7. The van der Waals surface area contributed by atoms with Crippen LogP contribution in [0.25, 0.3) is 0 Å². The summed E-state index contributed by atoms with van der Waals surface area (Å²) in [6.45, 7) is 5.58. The molecule has 1 aromatic heterocycles. The van der Waals surface area contributed by atoms with Gasteiger partial charge in [0.2, 0.25) is 0 Å². The van der Waals surface area contributed by atoms with Gasteiger partial charge in [-0.2, -0.15) is 5.10 Å². The SMILES string of the molecule is CCNCCOCCc1ccnn1C. The maximum absolute atomic E-state index is 5.46. The lowest BCUT2D eigenvalue weighted by Gasteiger charge is -2.04. The van der Waals surface area contributed by atoms with E-state index in [1.54, 1.807) is 0 Å². The van der Waals surface area contributed by atoms with E-state index < -0.39 is 0 Å². The minimum Gasteiger partial charge on any atom is -0.380 e. The van der Waals surface area contributed by atoms with Gasteiger partial charge in [-0.05, 0) is 12.6 Å². The second kappa shape index (κ2) is 6.56. The van der Waals surface area contributed by atoms with Crippen molar-refractivity contribution in [1.29, 1.82) is 0 Å². The quantitative estimate of drug-likeness (QED) is 0.650. The highest BCUT2D eigenvalue weighted by Gasteiger charge is 1.97. The Balaban J connectivity index is 2.02. The normalized spacial score (nSPS) is 10.7. The van der Waals surface area contributed by atoms with E-state index in [-0.39, 0.29) is 0 Å². The zero-order valence-corrected chi connectivity index (χ0v) is 8.99. The van der Waals surface area contributed by atoms with Crippen LogP contribution in [0.3, 0.4) is 0 Å². The number of hydrogen-bond donors (Lipinski definition) is 1. The number of hydrogen-bond acceptors (Lipinski definition) is 3. The molecule has 1 heterocycles. The molecular weight excluding hydrogens is 178 g/mol. The van der Waals surface area contributed by atoms with Crippen LogP contribution >= 0.6 is 0 Å². The molecule has 0 spiro atoms. The highest BCUT2D eigenvalue weighted by Crippen LogP contribution is 1.97. The van der Waals surface area contributed by atoms with E-state index in [0.717, 1.165) is 32.7 Å². The van der Waals surface area contributed by atoms with E-state index in [1.807, 2.05) is 24.0 Å². The van der Waals surface area contributed by atoms with Crippen LogP contribution in [0.1, 0.15) is 12.6 Å². The second-order valence-electron chi connectivity index (χ2n) is 3.16. The molecule has 0 aliphatic carbocycles. The number of aryl methyl sites for hydroxylation is 1. The molecule has 1 rings (SSSR count). The molecule has 4 heteroatoms. The molecule has 0 aromatic carbocycles. The van der Waals surface area contributed by atoms with Crippen molar-refractivity contribution in [3.63, 3.8) is 0 Å². The van der Waals surface area contributed by atoms with Crippen molar-refractivity contribution in [2.75, 3.05) is 26.3 Å². The van der Waals surface area contributed by atoms with Crippen molar-refractivity contribution >= 4 is 0 Å². The van der Waals surface area contributed by atoms with Gasteiger partial charge in [-0.25, -0.2) is 0 Å². The third kappa shape index (κ3) is 3.89. The number of nitrogens with zero attached hydrogens (tertiary/aromatic N) is 2. The fourth-order valence-electron chi connectivity index (χ4n) is 1.25. The second-order valence-corrected chi connectivity index (χ2v) is 3.16. The lowest BCUT2D eigenvalue weighted by Crippen LogP contribution is -2.19. The largest absolute Gasteiger partial charge is 0.380 e. The van der Waals surface area contributed by atoms with E-state index in [4.69, 9.17) is 4.74 Å². The first-order valence-corrected chi connectivity index (χ1v) is 5.10. The topological polar surface area (TPSA) is 39.1 Å². The monoisotopic (exact) mass is 197 g/mol. The van der Waals surface area contributed by atoms with Crippen molar-refractivity contribution in [1.82, 2.24) is 15.1 Å². The van der Waals surface area contributed by atoms with Crippen LogP contribution in [0.4, 0.5) is 0 Å². The van der Waals surface area contributed by atoms with Gasteiger partial charge in [0.15, 0.2) is 0 Å². The Bertz CT molecular complexity index is 247. The maximum Gasteiger partial charge on any atom is 0.0591 e. The standard InChI is InChI=1S/C10H19N3O/c1-3-11-7-9-14-8-5-10-4-6-12-13(10)2/h4,6,11H,3,5,7-9H2,1-2H3. The lowest BCUT2D eigenvalue weighted by molar-refractivity contribution is 0.138. The van der Waals surface area contributed by atoms with E-state index in [1.165, 1.54) is 5.69 Å². The van der Waals surface area contributed by atoms with Crippen molar-refractivity contribution in [3.8, 4) is 0 Å². The summed E-state index contributed by atoms with van der Waals surface area (Å²) in [6, 6.07) is 2.02. The Labute approximate surface area is 85.3 Å². The lowest BCUT2D eigenvalue weighted by atomic mass is 10.3. The van der Waals surface area contributed by atoms with Gasteiger partial charge in [0, 0.05) is 31.9 Å². The number of nitrogens with one attached hydrogen (secondary N) is 1. The minimum atomic E-state index is 0.769. The van der Waals surface area contributed by atoms with Gasteiger partial charge in [0.1, 0.15) is 0 Å². The number of aromatic nitrogens is 2. The first-order chi connectivity index (χ1) is 6.84. The molecule has 80 valence electrons. The molecular formula is C10H19N3O. The summed E-state index contributed by atoms with van der Waals surface area (Å²) in [5, 5.41) is 7.30. The van der Waals surface area contributed by atoms with Gasteiger partial charge in [-0.3, -0.25) is 4.68 Å². The Kier molecular flexibility index (Phi) is 5.25. The molecule has 0 saturated carbocycles. The molecule has 0 aliphatic rings. The molecule has 4 nitrogen and oxygen atoms in total. The van der Waals surface area contributed by atoms with Crippen LogP contribution < -0.4 is 5.32 Å². The van der Waals surface area contributed by atoms with Crippen LogP contribution in [-0.4, -0.2) is 36.1 Å². The summed E-state index contributed by atoms with van der Waals surface area (Å²) < 4.78 is 7.34. The minimum absolute atomic E-state index is 0.769. The third-order valence-electron chi connectivity index (χ3n) is 2.10.